The molecule has 1 amide bonds. The Balaban J connectivity index is 1.44. The average molecular weight is 378 g/mol. The van der Waals surface area contributed by atoms with E-state index in [4.69, 9.17) is 11.6 Å². The summed E-state index contributed by atoms with van der Waals surface area (Å²) in [5.41, 5.74) is 5.10. The standard InChI is InChI=1S/C22H20ClN3O/c23-20-7-5-16(6-8-20)12-25-21-11-19(13-24-14-21)22(27)26-10-9-17-3-1-2-4-18(17)15-26/h1-8,11,13-14,25H,9-10,12,15H2. The van der Waals surface area contributed by atoms with Crippen LogP contribution >= 0.6 is 11.6 Å². The van der Waals surface area contributed by atoms with E-state index in [1.165, 1.54) is 11.1 Å². The number of hydrogen-bond acceptors (Lipinski definition) is 3. The normalized spacial score (nSPS) is 13.1. The number of nitrogens with one attached hydrogen (secondary N) is 1. The number of carbonyl (C=O) groups is 1. The molecule has 136 valence electrons. The number of aromatic nitrogens is 1. The van der Waals surface area contributed by atoms with Gasteiger partial charge in [0.25, 0.3) is 5.91 Å². The van der Waals surface area contributed by atoms with Gasteiger partial charge in [-0.3, -0.25) is 9.78 Å². The van der Waals surface area contributed by atoms with Gasteiger partial charge in [0.05, 0.1) is 11.3 Å². The van der Waals surface area contributed by atoms with Gasteiger partial charge in [-0.05, 0) is 41.3 Å². The Morgan fingerprint density at radius 3 is 2.67 bits per heavy atom. The summed E-state index contributed by atoms with van der Waals surface area (Å²) in [4.78, 5) is 19.0. The fourth-order valence-corrected chi connectivity index (χ4v) is 3.44. The Labute approximate surface area is 163 Å². The molecule has 1 aliphatic rings. The van der Waals surface area contributed by atoms with Crippen molar-refractivity contribution in [2.75, 3.05) is 11.9 Å². The predicted molar refractivity (Wildman–Crippen MR) is 108 cm³/mol. The monoisotopic (exact) mass is 377 g/mol. The van der Waals surface area contributed by atoms with E-state index >= 15 is 0 Å². The molecule has 0 spiro atoms. The minimum atomic E-state index is 0.0205. The lowest BCUT2D eigenvalue weighted by Gasteiger charge is -2.29. The van der Waals surface area contributed by atoms with E-state index in [1.54, 1.807) is 12.4 Å². The molecule has 0 saturated heterocycles. The van der Waals surface area contributed by atoms with Gasteiger partial charge in [-0.15, -0.1) is 0 Å². The first-order valence-electron chi connectivity index (χ1n) is 8.98. The third kappa shape index (κ3) is 4.12. The second-order valence-corrected chi connectivity index (χ2v) is 7.12. The summed E-state index contributed by atoms with van der Waals surface area (Å²) in [7, 11) is 0. The van der Waals surface area contributed by atoms with Crippen molar-refractivity contribution < 1.29 is 4.79 Å². The predicted octanol–water partition coefficient (Wildman–Crippen LogP) is 4.55. The Morgan fingerprint density at radius 2 is 1.85 bits per heavy atom. The number of benzene rings is 2. The third-order valence-electron chi connectivity index (χ3n) is 4.81. The van der Waals surface area contributed by atoms with E-state index < -0.39 is 0 Å². The molecule has 0 fully saturated rings. The van der Waals surface area contributed by atoms with Crippen molar-refractivity contribution in [1.29, 1.82) is 0 Å². The Morgan fingerprint density at radius 1 is 1.07 bits per heavy atom. The van der Waals surface area contributed by atoms with Crippen molar-refractivity contribution in [1.82, 2.24) is 9.88 Å². The SMILES string of the molecule is O=C(c1cncc(NCc2ccc(Cl)cc2)c1)N1CCc2ccccc2C1. The molecular formula is C22H20ClN3O. The lowest BCUT2D eigenvalue weighted by atomic mass is 9.99. The van der Waals surface area contributed by atoms with E-state index in [0.29, 0.717) is 18.7 Å². The highest BCUT2D eigenvalue weighted by Crippen LogP contribution is 2.21. The zero-order valence-corrected chi connectivity index (χ0v) is 15.6. The molecule has 2 heterocycles. The Bertz CT molecular complexity index is 956. The molecular weight excluding hydrogens is 358 g/mol. The van der Waals surface area contributed by atoms with Crippen LogP contribution in [0.1, 0.15) is 27.0 Å². The van der Waals surface area contributed by atoms with E-state index in [1.807, 2.05) is 41.3 Å². The van der Waals surface area contributed by atoms with Crippen LogP contribution in [0.4, 0.5) is 5.69 Å². The maximum absolute atomic E-state index is 12.9. The lowest BCUT2D eigenvalue weighted by Crippen LogP contribution is -2.36. The highest BCUT2D eigenvalue weighted by molar-refractivity contribution is 6.30. The van der Waals surface area contributed by atoms with Gasteiger partial charge in [0.2, 0.25) is 0 Å². The summed E-state index contributed by atoms with van der Waals surface area (Å²) in [6.07, 6.45) is 4.26. The maximum Gasteiger partial charge on any atom is 0.255 e. The number of carbonyl (C=O) groups excluding carboxylic acids is 1. The molecule has 1 aliphatic heterocycles. The van der Waals surface area contributed by atoms with Crippen LogP contribution in [0.25, 0.3) is 0 Å². The topological polar surface area (TPSA) is 45.2 Å². The molecule has 0 unspecified atom stereocenters. The molecule has 0 aliphatic carbocycles. The molecule has 0 bridgehead atoms. The van der Waals surface area contributed by atoms with Crippen molar-refractivity contribution in [2.24, 2.45) is 0 Å². The van der Waals surface area contributed by atoms with E-state index in [9.17, 15) is 4.79 Å². The highest BCUT2D eigenvalue weighted by Gasteiger charge is 2.21. The minimum absolute atomic E-state index is 0.0205. The summed E-state index contributed by atoms with van der Waals surface area (Å²) in [5, 5.41) is 4.04. The van der Waals surface area contributed by atoms with Gasteiger partial charge >= 0.3 is 0 Å². The minimum Gasteiger partial charge on any atom is -0.380 e. The van der Waals surface area contributed by atoms with Gasteiger partial charge in [-0.1, -0.05) is 48.0 Å². The van der Waals surface area contributed by atoms with Crippen LogP contribution in [-0.2, 0) is 19.5 Å². The Hall–Kier alpha value is -2.85. The average Bonchev–Trinajstić information content (AvgIpc) is 2.72. The fraction of sp³-hybridized carbons (Fsp3) is 0.182. The number of hydrogen-bond donors (Lipinski definition) is 1. The van der Waals surface area contributed by atoms with E-state index in [-0.39, 0.29) is 5.91 Å². The van der Waals surface area contributed by atoms with Crippen LogP contribution in [0.2, 0.25) is 5.02 Å². The van der Waals surface area contributed by atoms with Crippen molar-refractivity contribution in [3.63, 3.8) is 0 Å². The largest absolute Gasteiger partial charge is 0.380 e. The maximum atomic E-state index is 12.9. The first-order chi connectivity index (χ1) is 13.2. The number of halogens is 1. The summed E-state index contributed by atoms with van der Waals surface area (Å²) >= 11 is 5.92. The fourth-order valence-electron chi connectivity index (χ4n) is 3.31. The number of fused-ring (bicyclic) bond motifs is 1. The van der Waals surface area contributed by atoms with Gasteiger partial charge in [0, 0.05) is 37.1 Å². The smallest absolute Gasteiger partial charge is 0.255 e. The van der Waals surface area contributed by atoms with E-state index in [2.05, 4.69) is 28.5 Å². The molecule has 4 nitrogen and oxygen atoms in total. The quantitative estimate of drug-likeness (QED) is 0.725. The number of anilines is 1. The molecule has 1 aromatic heterocycles. The molecule has 0 saturated carbocycles. The van der Waals surface area contributed by atoms with Crippen LogP contribution in [0, 0.1) is 0 Å². The number of nitrogens with zero attached hydrogens (tertiary/aromatic N) is 2. The molecule has 27 heavy (non-hydrogen) atoms. The van der Waals surface area contributed by atoms with Crippen LogP contribution < -0.4 is 5.32 Å². The molecule has 5 heteroatoms. The lowest BCUT2D eigenvalue weighted by molar-refractivity contribution is 0.0734. The molecule has 3 aromatic rings. The summed E-state index contributed by atoms with van der Waals surface area (Å²) in [5.74, 6) is 0.0205. The van der Waals surface area contributed by atoms with Crippen molar-refractivity contribution >= 4 is 23.2 Å². The summed E-state index contributed by atoms with van der Waals surface area (Å²) in [6, 6.07) is 17.9. The first kappa shape index (κ1) is 17.6. The molecule has 0 atom stereocenters. The highest BCUT2D eigenvalue weighted by atomic mass is 35.5. The van der Waals surface area contributed by atoms with Crippen molar-refractivity contribution in [3.05, 3.63) is 94.3 Å². The molecule has 1 N–H and O–H groups in total. The van der Waals surface area contributed by atoms with Gasteiger partial charge in [0.1, 0.15) is 0 Å². The van der Waals surface area contributed by atoms with Crippen LogP contribution in [0.3, 0.4) is 0 Å². The van der Waals surface area contributed by atoms with Crippen molar-refractivity contribution in [3.8, 4) is 0 Å². The second kappa shape index (κ2) is 7.80. The zero-order chi connectivity index (χ0) is 18.6. The second-order valence-electron chi connectivity index (χ2n) is 6.69. The Kier molecular flexibility index (Phi) is 5.07. The third-order valence-corrected chi connectivity index (χ3v) is 5.06. The summed E-state index contributed by atoms with van der Waals surface area (Å²) in [6.45, 7) is 2.03. The summed E-state index contributed by atoms with van der Waals surface area (Å²) < 4.78 is 0. The number of amides is 1. The number of rotatable bonds is 4. The first-order valence-corrected chi connectivity index (χ1v) is 9.36. The van der Waals surface area contributed by atoms with Crippen LogP contribution in [0.15, 0.2) is 67.0 Å². The van der Waals surface area contributed by atoms with E-state index in [0.717, 1.165) is 29.2 Å². The van der Waals surface area contributed by atoms with Gasteiger partial charge in [-0.2, -0.15) is 0 Å². The van der Waals surface area contributed by atoms with Gasteiger partial charge < -0.3 is 10.2 Å². The molecule has 4 rings (SSSR count). The zero-order valence-electron chi connectivity index (χ0n) is 14.9. The van der Waals surface area contributed by atoms with Gasteiger partial charge in [0.15, 0.2) is 0 Å². The number of pyridine rings is 1. The van der Waals surface area contributed by atoms with Crippen molar-refractivity contribution in [2.45, 2.75) is 19.5 Å². The van der Waals surface area contributed by atoms with Crippen LogP contribution in [-0.4, -0.2) is 22.3 Å². The molecule has 0 radical (unpaired) electrons. The van der Waals surface area contributed by atoms with Gasteiger partial charge in [-0.25, -0.2) is 0 Å². The molecule has 2 aromatic carbocycles. The van der Waals surface area contributed by atoms with Crippen LogP contribution in [0.5, 0.6) is 0 Å².